The van der Waals surface area contributed by atoms with E-state index in [1.165, 1.54) is 27.2 Å². The molecule has 7 rings (SSSR count). The predicted octanol–water partition coefficient (Wildman–Crippen LogP) is 4.08. The minimum atomic E-state index is -0.312. The number of para-hydroxylation sites is 1. The van der Waals surface area contributed by atoms with E-state index in [4.69, 9.17) is 0 Å². The van der Waals surface area contributed by atoms with Gasteiger partial charge in [0.15, 0.2) is 0 Å². The smallest absolute Gasteiger partial charge is 0.238 e. The van der Waals surface area contributed by atoms with Gasteiger partial charge in [0.05, 0.1) is 17.5 Å². The first-order valence-electron chi connectivity index (χ1n) is 9.38. The summed E-state index contributed by atoms with van der Waals surface area (Å²) in [6.07, 6.45) is 0. The highest BCUT2D eigenvalue weighted by atomic mass is 16.2. The molecule has 1 saturated heterocycles. The Morgan fingerprint density at radius 2 is 0.889 bits per heavy atom. The van der Waals surface area contributed by atoms with E-state index >= 15 is 0 Å². The van der Waals surface area contributed by atoms with Crippen LogP contribution < -0.4 is 4.90 Å². The van der Waals surface area contributed by atoms with Crippen molar-refractivity contribution in [1.82, 2.24) is 0 Å². The zero-order valence-corrected chi connectivity index (χ0v) is 14.6. The molecule has 0 spiro atoms. The van der Waals surface area contributed by atoms with Crippen molar-refractivity contribution < 1.29 is 9.59 Å². The molecule has 1 aliphatic heterocycles. The van der Waals surface area contributed by atoms with Gasteiger partial charge in [-0.2, -0.15) is 0 Å². The number of imide groups is 1. The molecule has 3 heteroatoms. The molecule has 3 nitrogen and oxygen atoms in total. The molecule has 1 heterocycles. The fourth-order valence-electron chi connectivity index (χ4n) is 5.51. The summed E-state index contributed by atoms with van der Waals surface area (Å²) < 4.78 is 0. The van der Waals surface area contributed by atoms with Crippen LogP contribution in [0.4, 0.5) is 5.69 Å². The maximum absolute atomic E-state index is 13.5. The molecule has 3 aromatic carbocycles. The summed E-state index contributed by atoms with van der Waals surface area (Å²) in [6.45, 7) is 0. The Morgan fingerprint density at radius 1 is 0.519 bits per heavy atom. The Hall–Kier alpha value is -3.20. The Kier molecular flexibility index (Phi) is 2.85. The molecule has 27 heavy (non-hydrogen) atoms. The van der Waals surface area contributed by atoms with E-state index in [0.717, 1.165) is 0 Å². The lowest BCUT2D eigenvalue weighted by atomic mass is 9.55. The Labute approximate surface area is 157 Å². The summed E-state index contributed by atoms with van der Waals surface area (Å²) in [7, 11) is 0. The van der Waals surface area contributed by atoms with E-state index in [0.29, 0.717) is 5.69 Å². The molecule has 3 aliphatic carbocycles. The molecule has 0 N–H and O–H groups in total. The number of hydrogen-bond acceptors (Lipinski definition) is 2. The van der Waals surface area contributed by atoms with Crippen LogP contribution in [0.5, 0.6) is 0 Å². The average Bonchev–Trinajstić information content (AvgIpc) is 3.00. The zero-order valence-electron chi connectivity index (χ0n) is 14.6. The number of benzene rings is 3. The molecule has 2 bridgehead atoms. The standard InChI is InChI=1S/C24H17NO2/c26-23-21-19-15-10-4-5-11-16(15)20(18-13-7-6-12-17(18)19)22(21)24(27)25(23)14-8-2-1-3-9-14/h1-13,19-22H/t19?,20?,21-,22-/m1/s1. The van der Waals surface area contributed by atoms with Crippen molar-refractivity contribution in [1.29, 1.82) is 0 Å². The van der Waals surface area contributed by atoms with Gasteiger partial charge in [0.2, 0.25) is 11.8 Å². The minimum Gasteiger partial charge on any atom is -0.274 e. The molecule has 4 aliphatic rings. The van der Waals surface area contributed by atoms with Crippen LogP contribution in [0, 0.1) is 11.8 Å². The molecule has 0 radical (unpaired) electrons. The molecule has 2 atom stereocenters. The van der Waals surface area contributed by atoms with Crippen LogP contribution in [0.15, 0.2) is 78.9 Å². The molecule has 1 fully saturated rings. The molecule has 2 amide bonds. The van der Waals surface area contributed by atoms with Crippen molar-refractivity contribution in [3.8, 4) is 0 Å². The Bertz CT molecular complexity index is 989. The van der Waals surface area contributed by atoms with Crippen molar-refractivity contribution in [2.75, 3.05) is 4.90 Å². The topological polar surface area (TPSA) is 37.4 Å². The first-order chi connectivity index (χ1) is 13.3. The second-order valence-corrected chi connectivity index (χ2v) is 7.61. The second-order valence-electron chi connectivity index (χ2n) is 7.61. The van der Waals surface area contributed by atoms with Crippen molar-refractivity contribution in [3.63, 3.8) is 0 Å². The molecular formula is C24H17NO2. The molecular weight excluding hydrogens is 334 g/mol. The van der Waals surface area contributed by atoms with Gasteiger partial charge in [-0.3, -0.25) is 9.59 Å². The fourth-order valence-corrected chi connectivity index (χ4v) is 5.51. The number of amides is 2. The van der Waals surface area contributed by atoms with E-state index in [1.54, 1.807) is 0 Å². The summed E-state index contributed by atoms with van der Waals surface area (Å²) in [5.41, 5.74) is 5.50. The van der Waals surface area contributed by atoms with E-state index in [-0.39, 0.29) is 35.5 Å². The molecule has 0 unspecified atom stereocenters. The third kappa shape index (κ3) is 1.76. The normalized spacial score (nSPS) is 27.3. The van der Waals surface area contributed by atoms with Gasteiger partial charge in [0.25, 0.3) is 0 Å². The van der Waals surface area contributed by atoms with Crippen molar-refractivity contribution in [2.24, 2.45) is 11.8 Å². The van der Waals surface area contributed by atoms with E-state index in [2.05, 4.69) is 24.3 Å². The van der Waals surface area contributed by atoms with Crippen LogP contribution in [0.1, 0.15) is 34.1 Å². The number of hydrogen-bond donors (Lipinski definition) is 0. The largest absolute Gasteiger partial charge is 0.274 e. The van der Waals surface area contributed by atoms with Crippen molar-refractivity contribution in [2.45, 2.75) is 11.8 Å². The summed E-state index contributed by atoms with van der Waals surface area (Å²) in [5, 5.41) is 0. The summed E-state index contributed by atoms with van der Waals surface area (Å²) in [4.78, 5) is 28.4. The Balaban J connectivity index is 1.60. The third-order valence-corrected chi connectivity index (χ3v) is 6.46. The van der Waals surface area contributed by atoms with E-state index in [1.807, 2.05) is 54.6 Å². The third-order valence-electron chi connectivity index (χ3n) is 6.46. The SMILES string of the molecule is O=C1[C@@H]2C3c4ccccc4C(c4ccccc43)[C@H]2C(=O)N1c1ccccc1. The second kappa shape index (κ2) is 5.17. The number of nitrogens with zero attached hydrogens (tertiary/aromatic N) is 1. The monoisotopic (exact) mass is 351 g/mol. The van der Waals surface area contributed by atoms with E-state index in [9.17, 15) is 9.59 Å². The van der Waals surface area contributed by atoms with Crippen LogP contribution in [0.25, 0.3) is 0 Å². The Morgan fingerprint density at radius 3 is 1.30 bits per heavy atom. The van der Waals surface area contributed by atoms with Crippen LogP contribution in [0.2, 0.25) is 0 Å². The highest BCUT2D eigenvalue weighted by Gasteiger charge is 2.61. The fraction of sp³-hybridized carbons (Fsp3) is 0.167. The number of carbonyl (C=O) groups is 2. The summed E-state index contributed by atoms with van der Waals surface area (Å²) in [6, 6.07) is 26.0. The quantitative estimate of drug-likeness (QED) is 0.620. The van der Waals surface area contributed by atoms with Gasteiger partial charge in [-0.05, 0) is 34.4 Å². The van der Waals surface area contributed by atoms with Gasteiger partial charge in [0.1, 0.15) is 0 Å². The van der Waals surface area contributed by atoms with Crippen LogP contribution >= 0.6 is 0 Å². The first kappa shape index (κ1) is 14.9. The maximum Gasteiger partial charge on any atom is 0.238 e. The molecule has 130 valence electrons. The maximum atomic E-state index is 13.5. The lowest BCUT2D eigenvalue weighted by molar-refractivity contribution is -0.122. The molecule has 0 aromatic heterocycles. The van der Waals surface area contributed by atoms with E-state index < -0.39 is 0 Å². The number of carbonyl (C=O) groups excluding carboxylic acids is 2. The lowest BCUT2D eigenvalue weighted by Crippen LogP contribution is -2.41. The van der Waals surface area contributed by atoms with Crippen LogP contribution in [0.3, 0.4) is 0 Å². The van der Waals surface area contributed by atoms with Gasteiger partial charge >= 0.3 is 0 Å². The predicted molar refractivity (Wildman–Crippen MR) is 102 cm³/mol. The molecule has 0 saturated carbocycles. The van der Waals surface area contributed by atoms with Gasteiger partial charge in [-0.1, -0.05) is 66.7 Å². The van der Waals surface area contributed by atoms with Gasteiger partial charge in [-0.25, -0.2) is 4.90 Å². The van der Waals surface area contributed by atoms with Gasteiger partial charge in [-0.15, -0.1) is 0 Å². The van der Waals surface area contributed by atoms with Crippen molar-refractivity contribution >= 4 is 17.5 Å². The number of anilines is 1. The summed E-state index contributed by atoms with van der Waals surface area (Å²) >= 11 is 0. The minimum absolute atomic E-state index is 0.0439. The number of rotatable bonds is 1. The average molecular weight is 351 g/mol. The highest BCUT2D eigenvalue weighted by molar-refractivity contribution is 6.23. The van der Waals surface area contributed by atoms with Crippen molar-refractivity contribution in [3.05, 3.63) is 101 Å². The van der Waals surface area contributed by atoms with Crippen LogP contribution in [-0.2, 0) is 9.59 Å². The van der Waals surface area contributed by atoms with Gasteiger partial charge < -0.3 is 0 Å². The highest BCUT2D eigenvalue weighted by Crippen LogP contribution is 2.61. The first-order valence-corrected chi connectivity index (χ1v) is 9.38. The van der Waals surface area contributed by atoms with Gasteiger partial charge in [0, 0.05) is 11.8 Å². The van der Waals surface area contributed by atoms with Crippen LogP contribution in [-0.4, -0.2) is 11.8 Å². The lowest BCUT2D eigenvalue weighted by Gasteiger charge is -2.45. The summed E-state index contributed by atoms with van der Waals surface area (Å²) in [5.74, 6) is -0.833. The molecule has 3 aromatic rings. The zero-order chi connectivity index (χ0) is 18.1.